The minimum Gasteiger partial charge on any atom is -0.497 e. The highest BCUT2D eigenvalue weighted by Crippen LogP contribution is 2.49. The highest BCUT2D eigenvalue weighted by molar-refractivity contribution is 6.09. The van der Waals surface area contributed by atoms with Gasteiger partial charge in [0.15, 0.2) is 0 Å². The van der Waals surface area contributed by atoms with Crippen LogP contribution >= 0.6 is 0 Å². The number of hydrogen-bond donors (Lipinski definition) is 0. The number of ether oxygens (including phenoxy) is 1. The number of para-hydroxylation sites is 1. The zero-order valence-corrected chi connectivity index (χ0v) is 20.0. The van der Waals surface area contributed by atoms with E-state index in [1.807, 2.05) is 71.7 Å². The Balaban J connectivity index is 1.73. The number of rotatable bonds is 9. The van der Waals surface area contributed by atoms with Gasteiger partial charge in [-0.05, 0) is 68.4 Å². The SMILES string of the molecule is COc1ccc(CN(C)N2C(=O)C(CCCN(C)C)(c3ccccc3)c3ccccc32)cc1. The normalized spacial score (nSPS) is 17.6. The predicted octanol–water partition coefficient (Wildman–Crippen LogP) is 4.72. The van der Waals surface area contributed by atoms with Gasteiger partial charge in [0, 0.05) is 13.6 Å². The molecule has 0 bridgehead atoms. The van der Waals surface area contributed by atoms with Gasteiger partial charge in [0.25, 0.3) is 5.91 Å². The quantitative estimate of drug-likeness (QED) is 0.480. The molecule has 0 spiro atoms. The van der Waals surface area contributed by atoms with E-state index in [0.717, 1.165) is 47.5 Å². The first kappa shape index (κ1) is 23.0. The highest BCUT2D eigenvalue weighted by Gasteiger charge is 2.52. The molecule has 0 N–H and O–H groups in total. The van der Waals surface area contributed by atoms with Crippen LogP contribution in [-0.2, 0) is 16.8 Å². The second kappa shape index (κ2) is 9.77. The average Bonchev–Trinajstić information content (AvgIpc) is 3.08. The molecule has 1 aliphatic rings. The lowest BCUT2D eigenvalue weighted by Crippen LogP contribution is -2.48. The summed E-state index contributed by atoms with van der Waals surface area (Å²) in [6.45, 7) is 1.55. The molecule has 1 atom stereocenters. The molecule has 4 rings (SSSR count). The number of fused-ring (bicyclic) bond motifs is 1. The van der Waals surface area contributed by atoms with Gasteiger partial charge in [0.1, 0.15) is 11.2 Å². The van der Waals surface area contributed by atoms with Crippen molar-refractivity contribution < 1.29 is 9.53 Å². The van der Waals surface area contributed by atoms with Crippen LogP contribution in [0.4, 0.5) is 5.69 Å². The van der Waals surface area contributed by atoms with E-state index in [-0.39, 0.29) is 5.91 Å². The summed E-state index contributed by atoms with van der Waals surface area (Å²) in [6, 6.07) is 26.5. The Hall–Kier alpha value is -3.15. The van der Waals surface area contributed by atoms with E-state index in [9.17, 15) is 4.79 Å². The fourth-order valence-corrected chi connectivity index (χ4v) is 4.88. The van der Waals surface area contributed by atoms with Gasteiger partial charge in [0.05, 0.1) is 12.8 Å². The smallest absolute Gasteiger partial charge is 0.256 e. The van der Waals surface area contributed by atoms with Gasteiger partial charge in [-0.25, -0.2) is 10.0 Å². The van der Waals surface area contributed by atoms with Crippen molar-refractivity contribution in [1.82, 2.24) is 9.91 Å². The Kier molecular flexibility index (Phi) is 6.82. The van der Waals surface area contributed by atoms with Crippen molar-refractivity contribution in [2.24, 2.45) is 0 Å². The number of benzene rings is 3. The first-order chi connectivity index (χ1) is 16.0. The highest BCUT2D eigenvalue weighted by atomic mass is 16.5. The molecule has 5 heteroatoms. The average molecular weight is 444 g/mol. The minimum absolute atomic E-state index is 0.115. The van der Waals surface area contributed by atoms with Crippen molar-refractivity contribution in [3.8, 4) is 5.75 Å². The summed E-state index contributed by atoms with van der Waals surface area (Å²) >= 11 is 0. The number of amides is 1. The largest absolute Gasteiger partial charge is 0.497 e. The van der Waals surface area contributed by atoms with Gasteiger partial charge in [-0.3, -0.25) is 4.79 Å². The lowest BCUT2D eigenvalue weighted by Gasteiger charge is -2.33. The van der Waals surface area contributed by atoms with Gasteiger partial charge < -0.3 is 9.64 Å². The third-order valence-electron chi connectivity index (χ3n) is 6.49. The Morgan fingerprint density at radius 2 is 1.55 bits per heavy atom. The summed E-state index contributed by atoms with van der Waals surface area (Å²) in [5.74, 6) is 0.942. The molecule has 172 valence electrons. The number of methoxy groups -OCH3 is 1. The molecular formula is C28H33N3O2. The van der Waals surface area contributed by atoms with E-state index in [0.29, 0.717) is 6.54 Å². The maximum absolute atomic E-state index is 14.3. The summed E-state index contributed by atoms with van der Waals surface area (Å²) in [6.07, 6.45) is 1.69. The molecule has 0 aromatic heterocycles. The lowest BCUT2D eigenvalue weighted by molar-refractivity contribution is -0.124. The molecule has 0 aliphatic carbocycles. The molecule has 33 heavy (non-hydrogen) atoms. The maximum Gasteiger partial charge on any atom is 0.256 e. The van der Waals surface area contributed by atoms with Crippen molar-refractivity contribution in [3.05, 3.63) is 95.6 Å². The summed E-state index contributed by atoms with van der Waals surface area (Å²) in [5, 5.41) is 3.90. The van der Waals surface area contributed by atoms with E-state index in [1.165, 1.54) is 0 Å². The monoisotopic (exact) mass is 443 g/mol. The number of nitrogens with zero attached hydrogens (tertiary/aromatic N) is 3. The predicted molar refractivity (Wildman–Crippen MR) is 133 cm³/mol. The summed E-state index contributed by atoms with van der Waals surface area (Å²) < 4.78 is 5.29. The Labute approximate surface area is 197 Å². The van der Waals surface area contributed by atoms with E-state index < -0.39 is 5.41 Å². The fraction of sp³-hybridized carbons (Fsp3) is 0.321. The Morgan fingerprint density at radius 1 is 0.879 bits per heavy atom. The van der Waals surface area contributed by atoms with Crippen molar-refractivity contribution in [1.29, 1.82) is 0 Å². The van der Waals surface area contributed by atoms with Crippen LogP contribution < -0.4 is 9.75 Å². The van der Waals surface area contributed by atoms with Crippen LogP contribution in [0.3, 0.4) is 0 Å². The Bertz CT molecular complexity index is 1080. The molecule has 0 saturated carbocycles. The van der Waals surface area contributed by atoms with E-state index in [1.54, 1.807) is 7.11 Å². The number of carbonyl (C=O) groups excluding carboxylic acids is 1. The molecular weight excluding hydrogens is 410 g/mol. The molecule has 1 unspecified atom stereocenters. The van der Waals surface area contributed by atoms with Crippen LogP contribution in [0.15, 0.2) is 78.9 Å². The van der Waals surface area contributed by atoms with Crippen molar-refractivity contribution in [2.75, 3.05) is 39.8 Å². The van der Waals surface area contributed by atoms with Gasteiger partial charge in [-0.2, -0.15) is 0 Å². The zero-order valence-electron chi connectivity index (χ0n) is 20.0. The van der Waals surface area contributed by atoms with E-state index in [2.05, 4.69) is 43.3 Å². The first-order valence-electron chi connectivity index (χ1n) is 11.5. The van der Waals surface area contributed by atoms with Gasteiger partial charge in [-0.1, -0.05) is 60.7 Å². The number of hydrogen-bond acceptors (Lipinski definition) is 4. The molecule has 3 aromatic carbocycles. The molecule has 0 radical (unpaired) electrons. The van der Waals surface area contributed by atoms with Gasteiger partial charge >= 0.3 is 0 Å². The standard InChI is InChI=1S/C28H33N3O2/c1-29(2)20-10-19-28(23-11-6-5-7-12-23)25-13-8-9-14-26(25)31(27(28)32)30(3)21-22-15-17-24(33-4)18-16-22/h5-9,11-18H,10,19-21H2,1-4H3. The third kappa shape index (κ3) is 4.39. The minimum atomic E-state index is -0.692. The maximum atomic E-state index is 14.3. The van der Waals surface area contributed by atoms with E-state index in [4.69, 9.17) is 4.74 Å². The molecule has 1 aliphatic heterocycles. The van der Waals surface area contributed by atoms with Crippen LogP contribution in [0.2, 0.25) is 0 Å². The van der Waals surface area contributed by atoms with Crippen LogP contribution in [0, 0.1) is 0 Å². The van der Waals surface area contributed by atoms with Crippen molar-refractivity contribution >= 4 is 11.6 Å². The summed E-state index contributed by atoms with van der Waals surface area (Å²) in [5.41, 5.74) is 3.53. The number of anilines is 1. The summed E-state index contributed by atoms with van der Waals surface area (Å²) in [7, 11) is 7.81. The zero-order chi connectivity index (χ0) is 23.4. The van der Waals surface area contributed by atoms with Crippen LogP contribution in [-0.4, -0.2) is 50.6 Å². The van der Waals surface area contributed by atoms with Crippen LogP contribution in [0.1, 0.15) is 29.5 Å². The summed E-state index contributed by atoms with van der Waals surface area (Å²) in [4.78, 5) is 16.5. The number of hydrazine groups is 1. The fourth-order valence-electron chi connectivity index (χ4n) is 4.88. The van der Waals surface area contributed by atoms with E-state index >= 15 is 0 Å². The number of carbonyl (C=O) groups is 1. The molecule has 1 amide bonds. The molecule has 1 heterocycles. The second-order valence-corrected chi connectivity index (χ2v) is 8.98. The van der Waals surface area contributed by atoms with Crippen molar-refractivity contribution in [3.63, 3.8) is 0 Å². The third-order valence-corrected chi connectivity index (χ3v) is 6.49. The Morgan fingerprint density at radius 3 is 2.21 bits per heavy atom. The van der Waals surface area contributed by atoms with Crippen LogP contribution in [0.25, 0.3) is 0 Å². The second-order valence-electron chi connectivity index (χ2n) is 8.98. The van der Waals surface area contributed by atoms with Crippen molar-refractivity contribution in [2.45, 2.75) is 24.8 Å². The molecule has 5 nitrogen and oxygen atoms in total. The van der Waals surface area contributed by atoms with Gasteiger partial charge in [0.2, 0.25) is 0 Å². The van der Waals surface area contributed by atoms with Gasteiger partial charge in [-0.15, -0.1) is 0 Å². The first-order valence-corrected chi connectivity index (χ1v) is 11.5. The topological polar surface area (TPSA) is 36.0 Å². The van der Waals surface area contributed by atoms with Crippen LogP contribution in [0.5, 0.6) is 5.75 Å². The molecule has 3 aromatic rings. The molecule has 0 fully saturated rings. The lowest BCUT2D eigenvalue weighted by atomic mass is 9.72. The molecule has 0 saturated heterocycles.